The largest absolute Gasteiger partial charge is 0.436 e. The molecule has 0 fully saturated rings. The van der Waals surface area contributed by atoms with Gasteiger partial charge in [0.25, 0.3) is 5.91 Å². The van der Waals surface area contributed by atoms with E-state index in [0.717, 1.165) is 5.56 Å². The third-order valence-corrected chi connectivity index (χ3v) is 3.52. The zero-order valence-electron chi connectivity index (χ0n) is 13.3. The summed E-state index contributed by atoms with van der Waals surface area (Å²) in [6.45, 7) is 1.81. The van der Waals surface area contributed by atoms with Crippen molar-refractivity contribution in [1.82, 2.24) is 10.3 Å². The van der Waals surface area contributed by atoms with Crippen LogP contribution < -0.4 is 5.32 Å². The van der Waals surface area contributed by atoms with Crippen molar-refractivity contribution in [2.24, 2.45) is 0 Å². The molecule has 3 rings (SSSR count). The highest BCUT2D eigenvalue weighted by molar-refractivity contribution is 6.00. The first-order chi connectivity index (χ1) is 11.6. The molecule has 1 atom stereocenters. The summed E-state index contributed by atoms with van der Waals surface area (Å²) in [7, 11) is 0. The Labute approximate surface area is 140 Å². The number of carbonyl (C=O) groups excluding carboxylic acids is 1. The minimum atomic E-state index is -0.604. The minimum absolute atomic E-state index is 0.189. The maximum Gasteiger partial charge on any atom is 0.252 e. The van der Waals surface area contributed by atoms with Crippen LogP contribution in [-0.4, -0.2) is 28.6 Å². The number of nitrogens with zero attached hydrogens (tertiary/aromatic N) is 1. The number of amides is 1. The number of benzene rings is 2. The van der Waals surface area contributed by atoms with Crippen LogP contribution >= 0.6 is 0 Å². The summed E-state index contributed by atoms with van der Waals surface area (Å²) in [5.74, 6) is 0.757. The molecule has 0 bridgehead atoms. The summed E-state index contributed by atoms with van der Waals surface area (Å²) in [5, 5.41) is 12.0. The number of rotatable bonds is 5. The molecule has 0 aliphatic rings. The average molecular weight is 322 g/mol. The van der Waals surface area contributed by atoms with Gasteiger partial charge in [-0.15, -0.1) is 0 Å². The van der Waals surface area contributed by atoms with E-state index in [9.17, 15) is 9.90 Å². The molecule has 0 radical (unpaired) electrons. The molecule has 24 heavy (non-hydrogen) atoms. The first-order valence-electron chi connectivity index (χ1n) is 7.72. The van der Waals surface area contributed by atoms with Crippen molar-refractivity contribution in [3.8, 4) is 22.8 Å². The Morgan fingerprint density at radius 1 is 1.17 bits per heavy atom. The number of carbonyl (C=O) groups is 1. The summed E-state index contributed by atoms with van der Waals surface area (Å²) < 4.78 is 5.83. The number of hydrogen-bond donors (Lipinski definition) is 2. The zero-order valence-corrected chi connectivity index (χ0v) is 13.3. The molecule has 5 nitrogen and oxygen atoms in total. The van der Waals surface area contributed by atoms with Gasteiger partial charge >= 0.3 is 0 Å². The second kappa shape index (κ2) is 7.10. The number of oxazole rings is 1. The maximum absolute atomic E-state index is 12.3. The van der Waals surface area contributed by atoms with Crippen molar-refractivity contribution >= 4 is 5.91 Å². The summed E-state index contributed by atoms with van der Waals surface area (Å²) in [6, 6.07) is 16.8. The molecule has 0 aliphatic carbocycles. The van der Waals surface area contributed by atoms with Gasteiger partial charge in [0.2, 0.25) is 5.89 Å². The van der Waals surface area contributed by atoms with E-state index in [1.165, 1.54) is 0 Å². The lowest BCUT2D eigenvalue weighted by Gasteiger charge is -2.09. The summed E-state index contributed by atoms with van der Waals surface area (Å²) in [5.41, 5.74) is 2.00. The SMILES string of the molecule is CC(O)CNC(=O)c1ccccc1-c1ncc(-c2ccccc2)o1. The van der Waals surface area contributed by atoms with E-state index < -0.39 is 6.10 Å². The van der Waals surface area contributed by atoms with Crippen molar-refractivity contribution in [2.45, 2.75) is 13.0 Å². The zero-order chi connectivity index (χ0) is 16.9. The summed E-state index contributed by atoms with van der Waals surface area (Å²) >= 11 is 0. The van der Waals surface area contributed by atoms with Gasteiger partial charge in [-0.1, -0.05) is 42.5 Å². The van der Waals surface area contributed by atoms with Gasteiger partial charge in [-0.3, -0.25) is 4.79 Å². The highest BCUT2D eigenvalue weighted by Gasteiger charge is 2.17. The predicted molar refractivity (Wildman–Crippen MR) is 91.4 cm³/mol. The van der Waals surface area contributed by atoms with E-state index in [4.69, 9.17) is 4.42 Å². The molecule has 0 aliphatic heterocycles. The monoisotopic (exact) mass is 322 g/mol. The van der Waals surface area contributed by atoms with Crippen LogP contribution in [0.4, 0.5) is 0 Å². The molecular formula is C19H18N2O3. The van der Waals surface area contributed by atoms with E-state index in [0.29, 0.717) is 22.8 Å². The van der Waals surface area contributed by atoms with Gasteiger partial charge in [-0.05, 0) is 19.1 Å². The van der Waals surface area contributed by atoms with Crippen LogP contribution in [0, 0.1) is 0 Å². The Morgan fingerprint density at radius 3 is 2.62 bits per heavy atom. The third-order valence-electron chi connectivity index (χ3n) is 3.52. The highest BCUT2D eigenvalue weighted by atomic mass is 16.4. The molecule has 0 saturated carbocycles. The first kappa shape index (κ1) is 16.0. The van der Waals surface area contributed by atoms with Crippen molar-refractivity contribution < 1.29 is 14.3 Å². The van der Waals surface area contributed by atoms with Crippen LogP contribution in [-0.2, 0) is 0 Å². The predicted octanol–water partition coefficient (Wildman–Crippen LogP) is 3.12. The maximum atomic E-state index is 12.3. The Bertz CT molecular complexity index is 825. The smallest absolute Gasteiger partial charge is 0.252 e. The van der Waals surface area contributed by atoms with Crippen LogP contribution in [0.5, 0.6) is 0 Å². The van der Waals surface area contributed by atoms with Gasteiger partial charge in [0.1, 0.15) is 0 Å². The summed E-state index contributed by atoms with van der Waals surface area (Å²) in [4.78, 5) is 16.6. The molecule has 1 heterocycles. The second-order valence-corrected chi connectivity index (χ2v) is 5.50. The molecule has 1 unspecified atom stereocenters. The van der Waals surface area contributed by atoms with Gasteiger partial charge in [0.15, 0.2) is 5.76 Å². The molecule has 2 aromatic carbocycles. The Balaban J connectivity index is 1.90. The Hall–Kier alpha value is -2.92. The molecule has 5 heteroatoms. The second-order valence-electron chi connectivity index (χ2n) is 5.50. The van der Waals surface area contributed by atoms with E-state index in [1.807, 2.05) is 36.4 Å². The number of nitrogens with one attached hydrogen (secondary N) is 1. The average Bonchev–Trinajstić information content (AvgIpc) is 3.10. The van der Waals surface area contributed by atoms with Gasteiger partial charge in [-0.2, -0.15) is 0 Å². The highest BCUT2D eigenvalue weighted by Crippen LogP contribution is 2.28. The van der Waals surface area contributed by atoms with E-state index in [1.54, 1.807) is 31.3 Å². The molecule has 0 spiro atoms. The first-order valence-corrected chi connectivity index (χ1v) is 7.72. The fraction of sp³-hybridized carbons (Fsp3) is 0.158. The van der Waals surface area contributed by atoms with E-state index in [-0.39, 0.29) is 12.5 Å². The molecule has 2 N–H and O–H groups in total. The molecule has 0 saturated heterocycles. The normalized spacial score (nSPS) is 11.9. The minimum Gasteiger partial charge on any atom is -0.436 e. The Morgan fingerprint density at radius 2 is 1.88 bits per heavy atom. The van der Waals surface area contributed by atoms with Gasteiger partial charge in [0, 0.05) is 17.7 Å². The quantitative estimate of drug-likeness (QED) is 0.757. The molecule has 1 amide bonds. The van der Waals surface area contributed by atoms with Crippen molar-refractivity contribution in [2.75, 3.05) is 6.54 Å². The summed E-state index contributed by atoms with van der Waals surface area (Å²) in [6.07, 6.45) is 1.04. The Kier molecular flexibility index (Phi) is 4.72. The van der Waals surface area contributed by atoms with E-state index >= 15 is 0 Å². The number of aromatic nitrogens is 1. The van der Waals surface area contributed by atoms with Crippen molar-refractivity contribution in [1.29, 1.82) is 0 Å². The lowest BCUT2D eigenvalue weighted by atomic mass is 10.1. The van der Waals surface area contributed by atoms with Crippen molar-refractivity contribution in [3.63, 3.8) is 0 Å². The lowest BCUT2D eigenvalue weighted by Crippen LogP contribution is -2.30. The lowest BCUT2D eigenvalue weighted by molar-refractivity contribution is 0.0924. The molecular weight excluding hydrogens is 304 g/mol. The molecule has 3 aromatic rings. The van der Waals surface area contributed by atoms with Crippen LogP contribution in [0.3, 0.4) is 0 Å². The fourth-order valence-electron chi connectivity index (χ4n) is 2.34. The number of aliphatic hydroxyl groups is 1. The fourth-order valence-corrected chi connectivity index (χ4v) is 2.34. The van der Waals surface area contributed by atoms with Crippen molar-refractivity contribution in [3.05, 3.63) is 66.4 Å². The van der Waals surface area contributed by atoms with Gasteiger partial charge in [-0.25, -0.2) is 4.98 Å². The molecule has 1 aromatic heterocycles. The van der Waals surface area contributed by atoms with Crippen LogP contribution in [0.25, 0.3) is 22.8 Å². The van der Waals surface area contributed by atoms with Crippen LogP contribution in [0.15, 0.2) is 65.2 Å². The number of hydrogen-bond acceptors (Lipinski definition) is 4. The standard InChI is InChI=1S/C19H18N2O3/c1-13(22)11-20-18(23)15-9-5-6-10-16(15)19-21-12-17(24-19)14-7-3-2-4-8-14/h2-10,12-13,22H,11H2,1H3,(H,20,23). The van der Waals surface area contributed by atoms with E-state index in [2.05, 4.69) is 10.3 Å². The van der Waals surface area contributed by atoms with Crippen LogP contribution in [0.1, 0.15) is 17.3 Å². The third kappa shape index (κ3) is 3.52. The van der Waals surface area contributed by atoms with Gasteiger partial charge in [0.05, 0.1) is 17.9 Å². The topological polar surface area (TPSA) is 75.4 Å². The van der Waals surface area contributed by atoms with Gasteiger partial charge < -0.3 is 14.8 Å². The molecule has 122 valence electrons. The van der Waals surface area contributed by atoms with Crippen LogP contribution in [0.2, 0.25) is 0 Å². The number of aliphatic hydroxyl groups excluding tert-OH is 1.